The largest absolute Gasteiger partial charge is 0.370 e. The van der Waals surface area contributed by atoms with Gasteiger partial charge in [0.2, 0.25) is 0 Å². The zero-order valence-electron chi connectivity index (χ0n) is 13.5. The van der Waals surface area contributed by atoms with Crippen molar-refractivity contribution in [2.24, 2.45) is 5.92 Å². The molecule has 0 spiro atoms. The highest BCUT2D eigenvalue weighted by molar-refractivity contribution is 5.57. The van der Waals surface area contributed by atoms with Crippen LogP contribution >= 0.6 is 0 Å². The van der Waals surface area contributed by atoms with Crippen molar-refractivity contribution in [3.8, 4) is 0 Å². The average Bonchev–Trinajstić information content (AvgIpc) is 2.31. The molecule has 4 nitrogen and oxygen atoms in total. The van der Waals surface area contributed by atoms with E-state index < -0.39 is 0 Å². The van der Waals surface area contributed by atoms with Crippen molar-refractivity contribution in [1.82, 2.24) is 9.97 Å². The first kappa shape index (κ1) is 15.1. The number of hydrogen-bond acceptors (Lipinski definition) is 4. The first-order valence-corrected chi connectivity index (χ1v) is 7.91. The fourth-order valence-corrected chi connectivity index (χ4v) is 2.55. The van der Waals surface area contributed by atoms with Crippen LogP contribution in [0.25, 0.3) is 0 Å². The summed E-state index contributed by atoms with van der Waals surface area (Å²) in [5, 5.41) is 6.97. The van der Waals surface area contributed by atoms with Crippen LogP contribution in [0.4, 0.5) is 11.6 Å². The molecule has 20 heavy (non-hydrogen) atoms. The summed E-state index contributed by atoms with van der Waals surface area (Å²) in [7, 11) is 0. The van der Waals surface area contributed by atoms with Crippen molar-refractivity contribution in [1.29, 1.82) is 0 Å². The zero-order chi connectivity index (χ0) is 14.7. The number of nitrogens with zero attached hydrogens (tertiary/aromatic N) is 2. The molecule has 1 atom stereocenters. The summed E-state index contributed by atoms with van der Waals surface area (Å²) in [5.41, 5.74) is 1.13. The molecule has 2 rings (SSSR count). The van der Waals surface area contributed by atoms with Crippen LogP contribution in [0.3, 0.4) is 0 Å². The molecule has 1 aromatic heterocycles. The quantitative estimate of drug-likeness (QED) is 0.826. The Labute approximate surface area is 122 Å². The van der Waals surface area contributed by atoms with Gasteiger partial charge in [0, 0.05) is 24.1 Å². The fourth-order valence-electron chi connectivity index (χ4n) is 2.55. The normalized spacial score (nSPS) is 16.9. The molecule has 0 radical (unpaired) electrons. The van der Waals surface area contributed by atoms with Gasteiger partial charge in [-0.05, 0) is 39.5 Å². The monoisotopic (exact) mass is 276 g/mol. The van der Waals surface area contributed by atoms with Gasteiger partial charge in [-0.3, -0.25) is 0 Å². The highest BCUT2D eigenvalue weighted by Gasteiger charge is 2.25. The molecule has 112 valence electrons. The first-order chi connectivity index (χ1) is 9.52. The van der Waals surface area contributed by atoms with Crippen LogP contribution in [-0.2, 0) is 0 Å². The van der Waals surface area contributed by atoms with Crippen molar-refractivity contribution in [3.05, 3.63) is 11.4 Å². The third-order valence-electron chi connectivity index (χ3n) is 4.25. The number of hydrogen-bond donors (Lipinski definition) is 2. The number of aromatic nitrogens is 2. The highest BCUT2D eigenvalue weighted by atomic mass is 15.1. The second-order valence-electron chi connectivity index (χ2n) is 6.21. The van der Waals surface area contributed by atoms with Gasteiger partial charge in [0.1, 0.15) is 17.5 Å². The highest BCUT2D eigenvalue weighted by Crippen LogP contribution is 2.32. The molecular formula is C16H28N4. The Kier molecular flexibility index (Phi) is 4.84. The topological polar surface area (TPSA) is 49.8 Å². The van der Waals surface area contributed by atoms with Crippen LogP contribution in [0.5, 0.6) is 0 Å². The van der Waals surface area contributed by atoms with Gasteiger partial charge in [0.05, 0.1) is 0 Å². The predicted molar refractivity (Wildman–Crippen MR) is 85.4 cm³/mol. The molecule has 2 N–H and O–H groups in total. The maximum Gasteiger partial charge on any atom is 0.135 e. The second-order valence-corrected chi connectivity index (χ2v) is 6.21. The van der Waals surface area contributed by atoms with E-state index in [2.05, 4.69) is 50.2 Å². The molecule has 0 amide bonds. The van der Waals surface area contributed by atoms with Crippen LogP contribution in [0, 0.1) is 12.8 Å². The summed E-state index contributed by atoms with van der Waals surface area (Å²) in [4.78, 5) is 9.38. The van der Waals surface area contributed by atoms with Crippen molar-refractivity contribution >= 4 is 11.6 Å². The number of rotatable bonds is 6. The van der Waals surface area contributed by atoms with E-state index in [1.807, 2.05) is 0 Å². The van der Waals surface area contributed by atoms with E-state index in [1.165, 1.54) is 19.3 Å². The minimum Gasteiger partial charge on any atom is -0.370 e. The van der Waals surface area contributed by atoms with Crippen LogP contribution < -0.4 is 10.6 Å². The van der Waals surface area contributed by atoms with Gasteiger partial charge in [-0.15, -0.1) is 0 Å². The Bertz CT molecular complexity index is 452. The average molecular weight is 276 g/mol. The lowest BCUT2D eigenvalue weighted by Gasteiger charge is -2.32. The number of nitrogens with one attached hydrogen (secondary N) is 2. The Morgan fingerprint density at radius 3 is 2.30 bits per heavy atom. The van der Waals surface area contributed by atoms with Crippen LogP contribution in [-0.4, -0.2) is 22.6 Å². The van der Waals surface area contributed by atoms with Crippen LogP contribution in [0.2, 0.25) is 0 Å². The maximum atomic E-state index is 4.73. The third kappa shape index (κ3) is 3.22. The minimum absolute atomic E-state index is 0.340. The molecular weight excluding hydrogens is 248 g/mol. The van der Waals surface area contributed by atoms with Gasteiger partial charge in [-0.2, -0.15) is 0 Å². The Morgan fingerprint density at radius 1 is 1.15 bits per heavy atom. The standard InChI is InChI=1S/C16H28N4/c1-6-17-15-11(4)16(20-14(19-15)10(2)3)18-12(5)13-8-7-9-13/h10,12-13H,6-9H2,1-5H3,(H2,17,18,19,20). The number of anilines is 2. The third-order valence-corrected chi connectivity index (χ3v) is 4.25. The first-order valence-electron chi connectivity index (χ1n) is 7.91. The molecule has 1 aliphatic carbocycles. The SMILES string of the molecule is CCNc1nc(C(C)C)nc(NC(C)C2CCC2)c1C. The summed E-state index contributed by atoms with van der Waals surface area (Å²) >= 11 is 0. The smallest absolute Gasteiger partial charge is 0.135 e. The van der Waals surface area contributed by atoms with Gasteiger partial charge in [-0.25, -0.2) is 9.97 Å². The molecule has 1 unspecified atom stereocenters. The van der Waals surface area contributed by atoms with E-state index in [0.717, 1.165) is 35.5 Å². The Morgan fingerprint density at radius 2 is 1.80 bits per heavy atom. The molecule has 0 bridgehead atoms. The summed E-state index contributed by atoms with van der Waals surface area (Å²) < 4.78 is 0. The lowest BCUT2D eigenvalue weighted by Crippen LogP contribution is -2.31. The maximum absolute atomic E-state index is 4.73. The summed E-state index contributed by atoms with van der Waals surface area (Å²) in [6, 6.07) is 0.492. The van der Waals surface area contributed by atoms with E-state index in [9.17, 15) is 0 Å². The molecule has 0 aliphatic heterocycles. The molecule has 0 aromatic carbocycles. The van der Waals surface area contributed by atoms with Crippen LogP contribution in [0.1, 0.15) is 64.3 Å². The van der Waals surface area contributed by atoms with E-state index in [0.29, 0.717) is 12.0 Å². The van der Waals surface area contributed by atoms with Gasteiger partial charge >= 0.3 is 0 Å². The van der Waals surface area contributed by atoms with Gasteiger partial charge in [0.25, 0.3) is 0 Å². The summed E-state index contributed by atoms with van der Waals surface area (Å²) in [6.07, 6.45) is 4.06. The van der Waals surface area contributed by atoms with Gasteiger partial charge in [0.15, 0.2) is 0 Å². The van der Waals surface area contributed by atoms with E-state index in [-0.39, 0.29) is 0 Å². The molecule has 1 aliphatic rings. The second kappa shape index (κ2) is 6.42. The molecule has 1 aromatic rings. The van der Waals surface area contributed by atoms with Crippen molar-refractivity contribution in [2.45, 2.75) is 65.8 Å². The van der Waals surface area contributed by atoms with Gasteiger partial charge in [-0.1, -0.05) is 20.3 Å². The fraction of sp³-hybridized carbons (Fsp3) is 0.750. The lowest BCUT2D eigenvalue weighted by molar-refractivity contribution is 0.285. The molecule has 1 saturated carbocycles. The molecule has 0 saturated heterocycles. The van der Waals surface area contributed by atoms with Crippen LogP contribution in [0.15, 0.2) is 0 Å². The van der Waals surface area contributed by atoms with Gasteiger partial charge < -0.3 is 10.6 Å². The predicted octanol–water partition coefficient (Wildman–Crippen LogP) is 3.94. The van der Waals surface area contributed by atoms with E-state index in [4.69, 9.17) is 4.98 Å². The summed E-state index contributed by atoms with van der Waals surface area (Å²) in [6.45, 7) is 11.6. The Hall–Kier alpha value is -1.32. The van der Waals surface area contributed by atoms with Crippen molar-refractivity contribution in [3.63, 3.8) is 0 Å². The molecule has 1 fully saturated rings. The lowest BCUT2D eigenvalue weighted by atomic mass is 9.80. The zero-order valence-corrected chi connectivity index (χ0v) is 13.5. The molecule has 1 heterocycles. The Balaban J connectivity index is 2.24. The summed E-state index contributed by atoms with van der Waals surface area (Å²) in [5.74, 6) is 4.02. The minimum atomic E-state index is 0.340. The van der Waals surface area contributed by atoms with Crippen molar-refractivity contribution < 1.29 is 0 Å². The van der Waals surface area contributed by atoms with E-state index in [1.54, 1.807) is 0 Å². The van der Waals surface area contributed by atoms with E-state index >= 15 is 0 Å². The molecule has 4 heteroatoms. The van der Waals surface area contributed by atoms with Crippen molar-refractivity contribution in [2.75, 3.05) is 17.2 Å².